The zero-order valence-corrected chi connectivity index (χ0v) is 13.5. The third kappa shape index (κ3) is 6.60. The predicted molar refractivity (Wildman–Crippen MR) is 88.9 cm³/mol. The number of carbonyl (C=O) groups is 2. The standard InChI is InChI=1S/C15H23N3O2.ClH/c1-4-5-6-14(19)18-13-8-7-12(9-10(13)2)17-15(20)11(3)16;/h7-9,11H,4-6,16H2,1-3H3,(H,17,20)(H,18,19);1H/t11-;/m0./s1. The van der Waals surface area contributed by atoms with Crippen molar-refractivity contribution in [2.24, 2.45) is 5.73 Å². The van der Waals surface area contributed by atoms with Gasteiger partial charge >= 0.3 is 0 Å². The quantitative estimate of drug-likeness (QED) is 0.755. The number of rotatable bonds is 6. The highest BCUT2D eigenvalue weighted by Gasteiger charge is 2.09. The number of benzene rings is 1. The van der Waals surface area contributed by atoms with Crippen molar-refractivity contribution in [1.82, 2.24) is 0 Å². The third-order valence-electron chi connectivity index (χ3n) is 2.94. The molecule has 0 spiro atoms. The van der Waals surface area contributed by atoms with Crippen molar-refractivity contribution in [3.63, 3.8) is 0 Å². The van der Waals surface area contributed by atoms with E-state index in [0.717, 1.165) is 24.1 Å². The van der Waals surface area contributed by atoms with Gasteiger partial charge in [-0.2, -0.15) is 0 Å². The second-order valence-electron chi connectivity index (χ2n) is 4.96. The van der Waals surface area contributed by atoms with Gasteiger partial charge in [0.25, 0.3) is 0 Å². The first-order valence-electron chi connectivity index (χ1n) is 6.91. The molecular weight excluding hydrogens is 290 g/mol. The summed E-state index contributed by atoms with van der Waals surface area (Å²) in [6.45, 7) is 5.57. The Morgan fingerprint density at radius 3 is 2.48 bits per heavy atom. The summed E-state index contributed by atoms with van der Waals surface area (Å²) in [7, 11) is 0. The maximum Gasteiger partial charge on any atom is 0.240 e. The Hall–Kier alpha value is -1.59. The smallest absolute Gasteiger partial charge is 0.240 e. The molecule has 0 saturated carbocycles. The molecule has 21 heavy (non-hydrogen) atoms. The molecular formula is C15H24ClN3O2. The molecule has 0 unspecified atom stereocenters. The van der Waals surface area contributed by atoms with E-state index in [9.17, 15) is 9.59 Å². The zero-order valence-electron chi connectivity index (χ0n) is 12.7. The summed E-state index contributed by atoms with van der Waals surface area (Å²) < 4.78 is 0. The van der Waals surface area contributed by atoms with Crippen LogP contribution in [0.5, 0.6) is 0 Å². The molecule has 1 atom stereocenters. The van der Waals surface area contributed by atoms with Crippen LogP contribution in [0.15, 0.2) is 18.2 Å². The lowest BCUT2D eigenvalue weighted by Gasteiger charge is -2.12. The fraction of sp³-hybridized carbons (Fsp3) is 0.467. The minimum Gasteiger partial charge on any atom is -0.326 e. The number of halogens is 1. The fourth-order valence-corrected chi connectivity index (χ4v) is 1.69. The van der Waals surface area contributed by atoms with Gasteiger partial charge in [0.15, 0.2) is 0 Å². The van der Waals surface area contributed by atoms with Gasteiger partial charge in [0, 0.05) is 17.8 Å². The van der Waals surface area contributed by atoms with Crippen molar-refractivity contribution in [3.8, 4) is 0 Å². The number of unbranched alkanes of at least 4 members (excludes halogenated alkanes) is 1. The molecule has 0 bridgehead atoms. The lowest BCUT2D eigenvalue weighted by molar-refractivity contribution is -0.117. The summed E-state index contributed by atoms with van der Waals surface area (Å²) in [4.78, 5) is 23.2. The van der Waals surface area contributed by atoms with Crippen LogP contribution in [-0.2, 0) is 9.59 Å². The van der Waals surface area contributed by atoms with Crippen LogP contribution in [0.4, 0.5) is 11.4 Å². The van der Waals surface area contributed by atoms with E-state index in [1.165, 1.54) is 0 Å². The highest BCUT2D eigenvalue weighted by molar-refractivity contribution is 5.95. The number of hydrogen-bond acceptors (Lipinski definition) is 3. The van der Waals surface area contributed by atoms with Crippen LogP contribution in [0.2, 0.25) is 0 Å². The van der Waals surface area contributed by atoms with E-state index in [-0.39, 0.29) is 24.2 Å². The molecule has 0 saturated heterocycles. The third-order valence-corrected chi connectivity index (χ3v) is 2.94. The highest BCUT2D eigenvalue weighted by Crippen LogP contribution is 2.20. The monoisotopic (exact) mass is 313 g/mol. The van der Waals surface area contributed by atoms with Crippen molar-refractivity contribution in [1.29, 1.82) is 0 Å². The fourth-order valence-electron chi connectivity index (χ4n) is 1.69. The van der Waals surface area contributed by atoms with Crippen molar-refractivity contribution >= 4 is 35.6 Å². The zero-order chi connectivity index (χ0) is 15.1. The average Bonchev–Trinajstić information content (AvgIpc) is 2.39. The second kappa shape index (κ2) is 9.37. The number of carbonyl (C=O) groups excluding carboxylic acids is 2. The molecule has 118 valence electrons. The Bertz CT molecular complexity index is 490. The summed E-state index contributed by atoms with van der Waals surface area (Å²) in [5, 5.41) is 5.59. The maximum atomic E-state index is 11.7. The maximum absolute atomic E-state index is 11.7. The van der Waals surface area contributed by atoms with Crippen LogP contribution in [-0.4, -0.2) is 17.9 Å². The topological polar surface area (TPSA) is 84.2 Å². The number of nitrogens with one attached hydrogen (secondary N) is 2. The molecule has 1 aromatic carbocycles. The summed E-state index contributed by atoms with van der Waals surface area (Å²) >= 11 is 0. The Morgan fingerprint density at radius 1 is 1.29 bits per heavy atom. The van der Waals surface area contributed by atoms with Gasteiger partial charge in [0.1, 0.15) is 0 Å². The van der Waals surface area contributed by atoms with E-state index in [1.54, 1.807) is 19.1 Å². The van der Waals surface area contributed by atoms with E-state index in [2.05, 4.69) is 17.6 Å². The number of nitrogens with two attached hydrogens (primary N) is 1. The SMILES string of the molecule is CCCCC(=O)Nc1ccc(NC(=O)[C@H](C)N)cc1C.Cl. The molecule has 0 aliphatic heterocycles. The largest absolute Gasteiger partial charge is 0.326 e. The molecule has 0 radical (unpaired) electrons. The van der Waals surface area contributed by atoms with Gasteiger partial charge < -0.3 is 16.4 Å². The van der Waals surface area contributed by atoms with Gasteiger partial charge in [-0.15, -0.1) is 12.4 Å². The van der Waals surface area contributed by atoms with Crippen molar-refractivity contribution in [3.05, 3.63) is 23.8 Å². The number of aryl methyl sites for hydroxylation is 1. The first kappa shape index (κ1) is 19.4. The van der Waals surface area contributed by atoms with Crippen LogP contribution in [0.3, 0.4) is 0 Å². The minimum atomic E-state index is -0.552. The normalized spacial score (nSPS) is 11.2. The molecule has 0 aliphatic carbocycles. The van der Waals surface area contributed by atoms with Gasteiger partial charge in [-0.3, -0.25) is 9.59 Å². The Balaban J connectivity index is 0.00000400. The second-order valence-corrected chi connectivity index (χ2v) is 4.96. The van der Waals surface area contributed by atoms with E-state index in [0.29, 0.717) is 12.1 Å². The van der Waals surface area contributed by atoms with E-state index < -0.39 is 6.04 Å². The molecule has 2 amide bonds. The van der Waals surface area contributed by atoms with Crippen LogP contribution in [0, 0.1) is 6.92 Å². The molecule has 6 heteroatoms. The number of amides is 2. The molecule has 0 aliphatic rings. The van der Waals surface area contributed by atoms with Crippen LogP contribution >= 0.6 is 12.4 Å². The van der Waals surface area contributed by atoms with E-state index >= 15 is 0 Å². The Morgan fingerprint density at radius 2 is 1.95 bits per heavy atom. The van der Waals surface area contributed by atoms with Gasteiger partial charge in [0.05, 0.1) is 6.04 Å². The predicted octanol–water partition coefficient (Wildman–Crippen LogP) is 2.83. The Kier molecular flexibility index (Phi) is 8.66. The lowest BCUT2D eigenvalue weighted by atomic mass is 10.1. The number of hydrogen-bond donors (Lipinski definition) is 3. The van der Waals surface area contributed by atoms with Crippen LogP contribution in [0.25, 0.3) is 0 Å². The molecule has 1 aromatic rings. The molecule has 0 heterocycles. The minimum absolute atomic E-state index is 0. The summed E-state index contributed by atoms with van der Waals surface area (Å²) in [6, 6.07) is 4.80. The number of anilines is 2. The first-order valence-corrected chi connectivity index (χ1v) is 6.91. The van der Waals surface area contributed by atoms with Gasteiger partial charge in [-0.25, -0.2) is 0 Å². The van der Waals surface area contributed by atoms with Crippen molar-refractivity contribution in [2.45, 2.75) is 46.1 Å². The van der Waals surface area contributed by atoms with Gasteiger partial charge in [-0.05, 0) is 44.0 Å². The van der Waals surface area contributed by atoms with Crippen molar-refractivity contribution < 1.29 is 9.59 Å². The first-order chi connectivity index (χ1) is 9.43. The Labute approximate surface area is 132 Å². The molecule has 0 aromatic heterocycles. The van der Waals surface area contributed by atoms with Crippen LogP contribution in [0.1, 0.15) is 38.7 Å². The molecule has 1 rings (SSSR count). The van der Waals surface area contributed by atoms with E-state index in [4.69, 9.17) is 5.73 Å². The molecule has 0 fully saturated rings. The lowest BCUT2D eigenvalue weighted by Crippen LogP contribution is -2.32. The van der Waals surface area contributed by atoms with Gasteiger partial charge in [0.2, 0.25) is 11.8 Å². The van der Waals surface area contributed by atoms with Crippen molar-refractivity contribution in [2.75, 3.05) is 10.6 Å². The molecule has 5 nitrogen and oxygen atoms in total. The summed E-state index contributed by atoms with van der Waals surface area (Å²) in [5.41, 5.74) is 7.84. The summed E-state index contributed by atoms with van der Waals surface area (Å²) in [6.07, 6.45) is 2.40. The van der Waals surface area contributed by atoms with Crippen LogP contribution < -0.4 is 16.4 Å². The van der Waals surface area contributed by atoms with E-state index in [1.807, 2.05) is 13.0 Å². The van der Waals surface area contributed by atoms with Gasteiger partial charge in [-0.1, -0.05) is 13.3 Å². The molecule has 4 N–H and O–H groups in total. The highest BCUT2D eigenvalue weighted by atomic mass is 35.5. The average molecular weight is 314 g/mol. The summed E-state index contributed by atoms with van der Waals surface area (Å²) in [5.74, 6) is -0.216.